The summed E-state index contributed by atoms with van der Waals surface area (Å²) in [4.78, 5) is 0. The number of hydrogen-bond donors (Lipinski definition) is 2. The van der Waals surface area contributed by atoms with E-state index in [1.807, 2.05) is 0 Å². The van der Waals surface area contributed by atoms with Gasteiger partial charge in [-0.3, -0.25) is 0 Å². The molecule has 128 valence electrons. The Hall–Kier alpha value is -0.920. The number of aliphatic hydroxyl groups excluding tert-OH is 1. The number of nitrogens with two attached hydrogens (primary N) is 1. The molecule has 0 bridgehead atoms. The normalized spacial score (nSPS) is 12.8. The fraction of sp³-hybridized carbons (Fsp3) is 0.286. The summed E-state index contributed by atoms with van der Waals surface area (Å²) >= 11 is 11.8. The third-order valence-electron chi connectivity index (χ3n) is 3.05. The maximum atomic E-state index is 12.7. The number of furan rings is 1. The summed E-state index contributed by atoms with van der Waals surface area (Å²) in [5, 5.41) is 8.51. The monoisotopic (exact) mass is 389 g/mol. The van der Waals surface area contributed by atoms with Crippen LogP contribution >= 0.6 is 35.6 Å². The second-order valence-corrected chi connectivity index (χ2v) is 5.45. The van der Waals surface area contributed by atoms with Crippen LogP contribution in [-0.4, -0.2) is 11.7 Å². The van der Waals surface area contributed by atoms with Gasteiger partial charge in [-0.05, 0) is 30.7 Å². The molecule has 0 saturated heterocycles. The summed E-state index contributed by atoms with van der Waals surface area (Å²) in [6.45, 7) is -0.112. The molecule has 0 aliphatic carbocycles. The first-order valence-electron chi connectivity index (χ1n) is 6.27. The Morgan fingerprint density at radius 1 is 1.17 bits per heavy atom. The highest BCUT2D eigenvalue weighted by atomic mass is 35.5. The molecule has 2 rings (SSSR count). The summed E-state index contributed by atoms with van der Waals surface area (Å²) in [6, 6.07) is 4.15. The molecular formula is C14H13Cl3F3NO2. The smallest absolute Gasteiger partial charge is 0.416 e. The molecule has 1 atom stereocenters. The van der Waals surface area contributed by atoms with Crippen molar-refractivity contribution in [2.24, 2.45) is 5.73 Å². The summed E-state index contributed by atoms with van der Waals surface area (Å²) in [5.41, 5.74) is 5.02. The number of benzene rings is 1. The Balaban J connectivity index is 0.00000264. The van der Waals surface area contributed by atoms with E-state index in [-0.39, 0.29) is 40.4 Å². The SMILES string of the molecule is Cl.NC(CCO)c1ccc(-c2c(Cl)cc(C(F)(F)F)cc2Cl)o1. The molecule has 1 heterocycles. The Morgan fingerprint density at radius 2 is 1.74 bits per heavy atom. The fourth-order valence-corrected chi connectivity index (χ4v) is 2.61. The lowest BCUT2D eigenvalue weighted by Crippen LogP contribution is -2.10. The molecule has 3 N–H and O–H groups in total. The van der Waals surface area contributed by atoms with Crippen molar-refractivity contribution in [2.45, 2.75) is 18.6 Å². The maximum absolute atomic E-state index is 12.7. The van der Waals surface area contributed by atoms with Crippen LogP contribution in [0.3, 0.4) is 0 Å². The number of halogens is 6. The fourth-order valence-electron chi connectivity index (χ4n) is 1.94. The quantitative estimate of drug-likeness (QED) is 0.765. The minimum Gasteiger partial charge on any atom is -0.459 e. The predicted molar refractivity (Wildman–Crippen MR) is 85.0 cm³/mol. The number of aliphatic hydroxyl groups is 1. The van der Waals surface area contributed by atoms with Crippen LogP contribution in [0.15, 0.2) is 28.7 Å². The molecule has 23 heavy (non-hydrogen) atoms. The van der Waals surface area contributed by atoms with Crippen LogP contribution in [0, 0.1) is 0 Å². The minimum absolute atomic E-state index is 0. The van der Waals surface area contributed by atoms with E-state index in [0.29, 0.717) is 12.2 Å². The molecule has 0 saturated carbocycles. The molecule has 0 spiro atoms. The molecule has 0 aliphatic rings. The van der Waals surface area contributed by atoms with Gasteiger partial charge in [0.05, 0.1) is 27.2 Å². The Labute approximate surface area is 146 Å². The first-order valence-corrected chi connectivity index (χ1v) is 7.02. The molecule has 9 heteroatoms. The van der Waals surface area contributed by atoms with Gasteiger partial charge in [-0.15, -0.1) is 12.4 Å². The van der Waals surface area contributed by atoms with Crippen LogP contribution in [0.2, 0.25) is 10.0 Å². The standard InChI is InChI=1S/C14H12Cl2F3NO2.ClH/c15-8-5-7(14(17,18)19)6-9(16)13(8)12-2-1-11(22-12)10(20)3-4-21;/h1-2,5-6,10,21H,3-4,20H2;1H. The summed E-state index contributed by atoms with van der Waals surface area (Å²) < 4.78 is 43.6. The molecule has 3 nitrogen and oxygen atoms in total. The lowest BCUT2D eigenvalue weighted by Gasteiger charge is -2.11. The molecule has 0 fully saturated rings. The highest BCUT2D eigenvalue weighted by Gasteiger charge is 2.32. The van der Waals surface area contributed by atoms with Crippen molar-refractivity contribution >= 4 is 35.6 Å². The van der Waals surface area contributed by atoms with Gasteiger partial charge in [-0.1, -0.05) is 23.2 Å². The maximum Gasteiger partial charge on any atom is 0.416 e. The van der Waals surface area contributed by atoms with E-state index < -0.39 is 17.8 Å². The van der Waals surface area contributed by atoms with E-state index in [0.717, 1.165) is 12.1 Å². The topological polar surface area (TPSA) is 59.4 Å². The molecule has 0 radical (unpaired) electrons. The molecule has 2 aromatic rings. The minimum atomic E-state index is -4.54. The zero-order chi connectivity index (χ0) is 16.5. The molecule has 1 aromatic carbocycles. The van der Waals surface area contributed by atoms with E-state index in [4.69, 9.17) is 38.5 Å². The molecule has 1 unspecified atom stereocenters. The van der Waals surface area contributed by atoms with Crippen LogP contribution in [-0.2, 0) is 6.18 Å². The lowest BCUT2D eigenvalue weighted by atomic mass is 10.1. The van der Waals surface area contributed by atoms with Crippen molar-refractivity contribution in [2.75, 3.05) is 6.61 Å². The zero-order valence-corrected chi connectivity index (χ0v) is 13.9. The zero-order valence-electron chi connectivity index (χ0n) is 11.5. The Morgan fingerprint density at radius 3 is 2.22 bits per heavy atom. The summed E-state index contributed by atoms with van der Waals surface area (Å²) in [6.07, 6.45) is -4.24. The van der Waals surface area contributed by atoms with Crippen molar-refractivity contribution in [1.29, 1.82) is 0 Å². The van der Waals surface area contributed by atoms with E-state index >= 15 is 0 Å². The van der Waals surface area contributed by atoms with Gasteiger partial charge in [0.1, 0.15) is 11.5 Å². The van der Waals surface area contributed by atoms with E-state index in [1.165, 1.54) is 6.07 Å². The third kappa shape index (κ3) is 4.55. The van der Waals surface area contributed by atoms with Gasteiger partial charge < -0.3 is 15.3 Å². The van der Waals surface area contributed by atoms with Crippen LogP contribution in [0.1, 0.15) is 23.8 Å². The first kappa shape index (κ1) is 20.1. The van der Waals surface area contributed by atoms with Crippen molar-refractivity contribution < 1.29 is 22.7 Å². The number of alkyl halides is 3. The van der Waals surface area contributed by atoms with E-state index in [1.54, 1.807) is 6.07 Å². The van der Waals surface area contributed by atoms with Gasteiger partial charge in [-0.25, -0.2) is 0 Å². The van der Waals surface area contributed by atoms with Crippen LogP contribution < -0.4 is 5.73 Å². The average molecular weight is 391 g/mol. The molecule has 1 aromatic heterocycles. The summed E-state index contributed by atoms with van der Waals surface area (Å²) in [7, 11) is 0. The van der Waals surface area contributed by atoms with Crippen LogP contribution in [0.25, 0.3) is 11.3 Å². The van der Waals surface area contributed by atoms with Gasteiger partial charge in [0.2, 0.25) is 0 Å². The largest absolute Gasteiger partial charge is 0.459 e. The third-order valence-corrected chi connectivity index (χ3v) is 3.64. The Kier molecular flexibility index (Phi) is 6.80. The average Bonchev–Trinajstić information content (AvgIpc) is 2.86. The van der Waals surface area contributed by atoms with Crippen LogP contribution in [0.4, 0.5) is 13.2 Å². The second kappa shape index (κ2) is 7.77. The van der Waals surface area contributed by atoms with Gasteiger partial charge in [0.25, 0.3) is 0 Å². The predicted octanol–water partition coefficient (Wildman–Crippen LogP) is 5.08. The van der Waals surface area contributed by atoms with Crippen molar-refractivity contribution in [3.8, 4) is 11.3 Å². The number of rotatable bonds is 4. The van der Waals surface area contributed by atoms with Gasteiger partial charge >= 0.3 is 6.18 Å². The number of hydrogen-bond acceptors (Lipinski definition) is 3. The lowest BCUT2D eigenvalue weighted by molar-refractivity contribution is -0.137. The van der Waals surface area contributed by atoms with Crippen LogP contribution in [0.5, 0.6) is 0 Å². The van der Waals surface area contributed by atoms with E-state index in [9.17, 15) is 13.2 Å². The van der Waals surface area contributed by atoms with Gasteiger partial charge in [-0.2, -0.15) is 13.2 Å². The van der Waals surface area contributed by atoms with Gasteiger partial charge in [0.15, 0.2) is 0 Å². The van der Waals surface area contributed by atoms with Crippen molar-refractivity contribution in [1.82, 2.24) is 0 Å². The highest BCUT2D eigenvalue weighted by molar-refractivity contribution is 6.39. The second-order valence-electron chi connectivity index (χ2n) is 4.63. The summed E-state index contributed by atoms with van der Waals surface area (Å²) in [5.74, 6) is 0.600. The van der Waals surface area contributed by atoms with Crippen molar-refractivity contribution in [3.63, 3.8) is 0 Å². The van der Waals surface area contributed by atoms with Crippen molar-refractivity contribution in [3.05, 3.63) is 45.6 Å². The van der Waals surface area contributed by atoms with E-state index in [2.05, 4.69) is 0 Å². The molecule has 0 aliphatic heterocycles. The first-order chi connectivity index (χ1) is 10.2. The Bertz CT molecular complexity index is 651. The molecular weight excluding hydrogens is 378 g/mol. The van der Waals surface area contributed by atoms with Gasteiger partial charge in [0, 0.05) is 6.61 Å². The highest BCUT2D eigenvalue weighted by Crippen LogP contribution is 2.41. The molecule has 0 amide bonds.